The Labute approximate surface area is 99.9 Å². The molecule has 0 aromatic heterocycles. The Morgan fingerprint density at radius 3 is 2.38 bits per heavy atom. The minimum atomic E-state index is 0.587. The summed E-state index contributed by atoms with van der Waals surface area (Å²) in [5.74, 6) is 6.06. The summed E-state index contributed by atoms with van der Waals surface area (Å²) in [5.41, 5.74) is 8.01. The van der Waals surface area contributed by atoms with Crippen LogP contribution in [-0.4, -0.2) is 0 Å². The highest BCUT2D eigenvalue weighted by Crippen LogP contribution is 2.18. The SMILES string of the molecule is Nc1ccc(C#Cc2ccccc2)c(Cl)c1. The van der Waals surface area contributed by atoms with E-state index in [2.05, 4.69) is 11.8 Å². The van der Waals surface area contributed by atoms with Gasteiger partial charge in [0.2, 0.25) is 0 Å². The fourth-order valence-corrected chi connectivity index (χ4v) is 1.53. The highest BCUT2D eigenvalue weighted by molar-refractivity contribution is 6.32. The second-order valence-corrected chi connectivity index (χ2v) is 3.76. The molecule has 0 heterocycles. The van der Waals surface area contributed by atoms with Crippen molar-refractivity contribution in [3.05, 3.63) is 64.7 Å². The number of hydrogen-bond acceptors (Lipinski definition) is 1. The van der Waals surface area contributed by atoms with E-state index in [0.29, 0.717) is 10.7 Å². The molecule has 0 aliphatic carbocycles. The molecule has 0 radical (unpaired) electrons. The molecular formula is C14H10ClN. The molecule has 0 bridgehead atoms. The minimum Gasteiger partial charge on any atom is -0.399 e. The van der Waals surface area contributed by atoms with Crippen molar-refractivity contribution in [3.8, 4) is 11.8 Å². The smallest absolute Gasteiger partial charge is 0.0583 e. The van der Waals surface area contributed by atoms with Crippen LogP contribution in [0.3, 0.4) is 0 Å². The van der Waals surface area contributed by atoms with Gasteiger partial charge in [0.05, 0.1) is 5.02 Å². The molecule has 78 valence electrons. The Balaban J connectivity index is 2.31. The van der Waals surface area contributed by atoms with E-state index in [-0.39, 0.29) is 0 Å². The molecule has 0 fully saturated rings. The predicted octanol–water partition coefficient (Wildman–Crippen LogP) is 3.32. The molecule has 2 aromatic rings. The summed E-state index contributed by atoms with van der Waals surface area (Å²) in [7, 11) is 0. The van der Waals surface area contributed by atoms with Crippen molar-refractivity contribution >= 4 is 17.3 Å². The van der Waals surface area contributed by atoms with Crippen LogP contribution >= 0.6 is 11.6 Å². The number of halogens is 1. The summed E-state index contributed by atoms with van der Waals surface area (Å²) < 4.78 is 0. The first-order chi connectivity index (χ1) is 7.75. The quantitative estimate of drug-likeness (QED) is 0.542. The third-order valence-electron chi connectivity index (χ3n) is 2.11. The van der Waals surface area contributed by atoms with Gasteiger partial charge in [-0.3, -0.25) is 0 Å². The molecule has 1 nitrogen and oxygen atoms in total. The maximum absolute atomic E-state index is 6.01. The van der Waals surface area contributed by atoms with E-state index in [1.807, 2.05) is 36.4 Å². The molecule has 0 atom stereocenters. The van der Waals surface area contributed by atoms with Gasteiger partial charge >= 0.3 is 0 Å². The molecule has 0 spiro atoms. The highest BCUT2D eigenvalue weighted by Gasteiger charge is 1.96. The second kappa shape index (κ2) is 4.74. The number of benzene rings is 2. The van der Waals surface area contributed by atoms with E-state index in [9.17, 15) is 0 Å². The van der Waals surface area contributed by atoms with Crippen molar-refractivity contribution in [1.82, 2.24) is 0 Å². The Kier molecular flexibility index (Phi) is 3.14. The summed E-state index contributed by atoms with van der Waals surface area (Å²) in [5, 5.41) is 0.587. The van der Waals surface area contributed by atoms with Crippen LogP contribution in [0.15, 0.2) is 48.5 Å². The van der Waals surface area contributed by atoms with Gasteiger partial charge in [-0.25, -0.2) is 0 Å². The molecule has 16 heavy (non-hydrogen) atoms. The number of nitrogens with two attached hydrogens (primary N) is 1. The topological polar surface area (TPSA) is 26.0 Å². The summed E-state index contributed by atoms with van der Waals surface area (Å²) in [4.78, 5) is 0. The van der Waals surface area contributed by atoms with Gasteiger partial charge in [0.15, 0.2) is 0 Å². The van der Waals surface area contributed by atoms with Gasteiger partial charge in [-0.1, -0.05) is 41.6 Å². The van der Waals surface area contributed by atoms with E-state index in [4.69, 9.17) is 17.3 Å². The van der Waals surface area contributed by atoms with Crippen molar-refractivity contribution < 1.29 is 0 Å². The Bertz CT molecular complexity index is 550. The number of hydrogen-bond donors (Lipinski definition) is 1. The normalized spacial score (nSPS) is 9.31. The van der Waals surface area contributed by atoms with Gasteiger partial charge in [0.25, 0.3) is 0 Å². The van der Waals surface area contributed by atoms with Gasteiger partial charge in [-0.15, -0.1) is 0 Å². The van der Waals surface area contributed by atoms with Crippen molar-refractivity contribution in [3.63, 3.8) is 0 Å². The van der Waals surface area contributed by atoms with E-state index in [0.717, 1.165) is 11.1 Å². The molecule has 0 aliphatic rings. The lowest BCUT2D eigenvalue weighted by Crippen LogP contribution is -1.85. The molecule has 0 saturated heterocycles. The monoisotopic (exact) mass is 227 g/mol. The maximum atomic E-state index is 6.01. The molecule has 0 unspecified atom stereocenters. The first-order valence-electron chi connectivity index (χ1n) is 4.88. The van der Waals surface area contributed by atoms with Crippen LogP contribution in [-0.2, 0) is 0 Å². The molecular weight excluding hydrogens is 218 g/mol. The Morgan fingerprint density at radius 2 is 1.69 bits per heavy atom. The number of anilines is 1. The average molecular weight is 228 g/mol. The highest BCUT2D eigenvalue weighted by atomic mass is 35.5. The Hall–Kier alpha value is -1.91. The predicted molar refractivity (Wildman–Crippen MR) is 68.3 cm³/mol. The maximum Gasteiger partial charge on any atom is 0.0583 e. The molecule has 0 amide bonds. The van der Waals surface area contributed by atoms with E-state index >= 15 is 0 Å². The van der Waals surface area contributed by atoms with Crippen LogP contribution in [0.1, 0.15) is 11.1 Å². The third-order valence-corrected chi connectivity index (χ3v) is 2.42. The van der Waals surface area contributed by atoms with Crippen LogP contribution in [0.25, 0.3) is 0 Å². The second-order valence-electron chi connectivity index (χ2n) is 3.36. The van der Waals surface area contributed by atoms with Crippen LogP contribution in [0.2, 0.25) is 5.02 Å². The van der Waals surface area contributed by atoms with Gasteiger partial charge in [0, 0.05) is 16.8 Å². The summed E-state index contributed by atoms with van der Waals surface area (Å²) >= 11 is 6.01. The van der Waals surface area contributed by atoms with Crippen molar-refractivity contribution in [2.45, 2.75) is 0 Å². The van der Waals surface area contributed by atoms with Gasteiger partial charge in [-0.2, -0.15) is 0 Å². The largest absolute Gasteiger partial charge is 0.399 e. The third kappa shape index (κ3) is 2.56. The molecule has 2 aromatic carbocycles. The molecule has 2 rings (SSSR count). The standard InChI is InChI=1S/C14H10ClN/c15-14-10-13(16)9-8-12(14)7-6-11-4-2-1-3-5-11/h1-5,8-10H,16H2. The minimum absolute atomic E-state index is 0.587. The first-order valence-corrected chi connectivity index (χ1v) is 5.25. The van der Waals surface area contributed by atoms with Crippen molar-refractivity contribution in [2.75, 3.05) is 5.73 Å². The van der Waals surface area contributed by atoms with E-state index in [1.165, 1.54) is 0 Å². The zero-order valence-electron chi connectivity index (χ0n) is 8.57. The van der Waals surface area contributed by atoms with Crippen LogP contribution in [0, 0.1) is 11.8 Å². The first kappa shape index (κ1) is 10.6. The fourth-order valence-electron chi connectivity index (χ4n) is 1.29. The molecule has 2 N–H and O–H groups in total. The Morgan fingerprint density at radius 1 is 0.938 bits per heavy atom. The number of nitrogen functional groups attached to an aromatic ring is 1. The fraction of sp³-hybridized carbons (Fsp3) is 0. The summed E-state index contributed by atoms with van der Waals surface area (Å²) in [6.07, 6.45) is 0. The lowest BCUT2D eigenvalue weighted by atomic mass is 10.2. The summed E-state index contributed by atoms with van der Waals surface area (Å²) in [6.45, 7) is 0. The van der Waals surface area contributed by atoms with E-state index in [1.54, 1.807) is 12.1 Å². The zero-order chi connectivity index (χ0) is 11.4. The summed E-state index contributed by atoms with van der Waals surface area (Å²) in [6, 6.07) is 15.1. The van der Waals surface area contributed by atoms with Crippen LogP contribution in [0.5, 0.6) is 0 Å². The molecule has 2 heteroatoms. The van der Waals surface area contributed by atoms with Gasteiger partial charge < -0.3 is 5.73 Å². The van der Waals surface area contributed by atoms with Gasteiger partial charge in [-0.05, 0) is 30.3 Å². The lowest BCUT2D eigenvalue weighted by molar-refractivity contribution is 1.61. The van der Waals surface area contributed by atoms with Crippen molar-refractivity contribution in [2.24, 2.45) is 0 Å². The average Bonchev–Trinajstić information content (AvgIpc) is 2.29. The lowest BCUT2D eigenvalue weighted by Gasteiger charge is -1.96. The number of rotatable bonds is 0. The molecule has 0 saturated carbocycles. The van der Waals surface area contributed by atoms with Crippen LogP contribution < -0.4 is 5.73 Å². The zero-order valence-corrected chi connectivity index (χ0v) is 9.33. The van der Waals surface area contributed by atoms with Crippen molar-refractivity contribution in [1.29, 1.82) is 0 Å². The van der Waals surface area contributed by atoms with Crippen LogP contribution in [0.4, 0.5) is 5.69 Å². The molecule has 0 aliphatic heterocycles. The van der Waals surface area contributed by atoms with E-state index < -0.39 is 0 Å². The van der Waals surface area contributed by atoms with Gasteiger partial charge in [0.1, 0.15) is 0 Å².